The molecule has 0 spiro atoms. The Morgan fingerprint density at radius 2 is 1.92 bits per heavy atom. The molecule has 0 aliphatic carbocycles. The maximum absolute atomic E-state index is 5.86. The Bertz CT molecular complexity index is 859. The highest BCUT2D eigenvalue weighted by Gasteiger charge is 2.16. The standard InChI is InChI=1S/C16H19N9/c17-16-21-12-4-8-19-7-3-11(12)15(23-16)20-9-13-22-14(25-24-13)10-1-5-18-6-2-10/h1-2,5-6,19H,3-4,7-9H2,(H,22,24,25)(H3,17,20,21,23). The van der Waals surface area contributed by atoms with Gasteiger partial charge >= 0.3 is 0 Å². The van der Waals surface area contributed by atoms with Gasteiger partial charge in [0, 0.05) is 36.5 Å². The molecule has 0 bridgehead atoms. The molecule has 0 saturated heterocycles. The number of aromatic amines is 1. The topological polar surface area (TPSA) is 130 Å². The zero-order valence-electron chi connectivity index (χ0n) is 13.7. The van der Waals surface area contributed by atoms with Crippen LogP contribution in [0.15, 0.2) is 24.5 Å². The van der Waals surface area contributed by atoms with E-state index in [2.05, 4.69) is 40.8 Å². The van der Waals surface area contributed by atoms with Crippen LogP contribution < -0.4 is 16.4 Å². The lowest BCUT2D eigenvalue weighted by Gasteiger charge is -2.12. The first-order valence-electron chi connectivity index (χ1n) is 8.21. The Kier molecular flexibility index (Phi) is 4.21. The van der Waals surface area contributed by atoms with Crippen molar-refractivity contribution in [1.29, 1.82) is 0 Å². The molecule has 4 heterocycles. The second kappa shape index (κ2) is 6.81. The summed E-state index contributed by atoms with van der Waals surface area (Å²) in [5.74, 6) is 2.43. The predicted octanol–water partition coefficient (Wildman–Crippen LogP) is 0.539. The second-order valence-electron chi connectivity index (χ2n) is 5.80. The van der Waals surface area contributed by atoms with Crippen LogP contribution in [0.1, 0.15) is 17.1 Å². The van der Waals surface area contributed by atoms with Crippen LogP contribution in [0.25, 0.3) is 11.4 Å². The molecule has 1 aliphatic rings. The number of hydrogen-bond donors (Lipinski definition) is 4. The molecule has 0 amide bonds. The zero-order valence-corrected chi connectivity index (χ0v) is 13.7. The molecule has 4 rings (SSSR count). The van der Waals surface area contributed by atoms with Gasteiger partial charge in [0.2, 0.25) is 5.95 Å². The summed E-state index contributed by atoms with van der Waals surface area (Å²) in [4.78, 5) is 17.2. The van der Waals surface area contributed by atoms with Crippen molar-refractivity contribution in [3.8, 4) is 11.4 Å². The highest BCUT2D eigenvalue weighted by Crippen LogP contribution is 2.21. The Balaban J connectivity index is 1.52. The lowest BCUT2D eigenvalue weighted by Crippen LogP contribution is -2.16. The number of nitrogens with zero attached hydrogens (tertiary/aromatic N) is 5. The summed E-state index contributed by atoms with van der Waals surface area (Å²) in [5, 5.41) is 13.9. The van der Waals surface area contributed by atoms with Gasteiger partial charge in [0.1, 0.15) is 11.6 Å². The molecule has 0 atom stereocenters. The molecule has 0 unspecified atom stereocenters. The number of fused-ring (bicyclic) bond motifs is 1. The van der Waals surface area contributed by atoms with Crippen molar-refractivity contribution in [2.75, 3.05) is 24.1 Å². The van der Waals surface area contributed by atoms with Gasteiger partial charge in [-0.1, -0.05) is 0 Å². The minimum absolute atomic E-state index is 0.290. The van der Waals surface area contributed by atoms with E-state index in [1.54, 1.807) is 12.4 Å². The van der Waals surface area contributed by atoms with Crippen molar-refractivity contribution < 1.29 is 0 Å². The predicted molar refractivity (Wildman–Crippen MR) is 93.7 cm³/mol. The normalized spacial score (nSPS) is 13.9. The minimum Gasteiger partial charge on any atom is -0.368 e. The van der Waals surface area contributed by atoms with Gasteiger partial charge in [-0.25, -0.2) is 9.97 Å². The van der Waals surface area contributed by atoms with Crippen LogP contribution in [-0.4, -0.2) is 43.2 Å². The second-order valence-corrected chi connectivity index (χ2v) is 5.80. The smallest absolute Gasteiger partial charge is 0.222 e. The number of pyridine rings is 1. The van der Waals surface area contributed by atoms with E-state index < -0.39 is 0 Å². The molecule has 9 heteroatoms. The lowest BCUT2D eigenvalue weighted by molar-refractivity contribution is 0.708. The zero-order chi connectivity index (χ0) is 17.1. The van der Waals surface area contributed by atoms with Gasteiger partial charge in [0.15, 0.2) is 5.82 Å². The SMILES string of the molecule is Nc1nc2c(c(NCc3nc(-c4ccncc4)n[nH]3)n1)CCNCC2. The van der Waals surface area contributed by atoms with Crippen molar-refractivity contribution in [2.24, 2.45) is 0 Å². The molecular weight excluding hydrogens is 318 g/mol. The number of anilines is 2. The first-order valence-corrected chi connectivity index (χ1v) is 8.21. The summed E-state index contributed by atoms with van der Waals surface area (Å²) >= 11 is 0. The number of aromatic nitrogens is 6. The first kappa shape index (κ1) is 15.5. The molecule has 1 aliphatic heterocycles. The molecular formula is C16H19N9. The molecule has 0 saturated carbocycles. The summed E-state index contributed by atoms with van der Waals surface area (Å²) in [6.07, 6.45) is 5.16. The van der Waals surface area contributed by atoms with Crippen LogP contribution in [0.4, 0.5) is 11.8 Å². The average molecular weight is 337 g/mol. The summed E-state index contributed by atoms with van der Waals surface area (Å²) in [6.45, 7) is 2.29. The Morgan fingerprint density at radius 3 is 2.80 bits per heavy atom. The van der Waals surface area contributed by atoms with Crippen LogP contribution in [0, 0.1) is 0 Å². The third-order valence-corrected chi connectivity index (χ3v) is 4.09. The third-order valence-electron chi connectivity index (χ3n) is 4.09. The van der Waals surface area contributed by atoms with E-state index in [0.717, 1.165) is 54.4 Å². The van der Waals surface area contributed by atoms with Gasteiger partial charge in [-0.3, -0.25) is 10.1 Å². The van der Waals surface area contributed by atoms with E-state index >= 15 is 0 Å². The largest absolute Gasteiger partial charge is 0.368 e. The Morgan fingerprint density at radius 1 is 1.08 bits per heavy atom. The van der Waals surface area contributed by atoms with Crippen LogP contribution in [0.3, 0.4) is 0 Å². The van der Waals surface area contributed by atoms with Gasteiger partial charge < -0.3 is 16.4 Å². The first-order chi connectivity index (χ1) is 12.3. The maximum Gasteiger partial charge on any atom is 0.222 e. The number of nitrogen functional groups attached to an aromatic ring is 1. The fraction of sp³-hybridized carbons (Fsp3) is 0.312. The average Bonchev–Trinajstić information content (AvgIpc) is 2.98. The van der Waals surface area contributed by atoms with Gasteiger partial charge in [-0.2, -0.15) is 10.1 Å². The van der Waals surface area contributed by atoms with Crippen LogP contribution >= 0.6 is 0 Å². The van der Waals surface area contributed by atoms with Crippen molar-refractivity contribution in [3.63, 3.8) is 0 Å². The monoisotopic (exact) mass is 337 g/mol. The molecule has 128 valence electrons. The van der Waals surface area contributed by atoms with Gasteiger partial charge in [0.25, 0.3) is 0 Å². The summed E-state index contributed by atoms with van der Waals surface area (Å²) in [6, 6.07) is 3.75. The van der Waals surface area contributed by atoms with E-state index in [4.69, 9.17) is 5.73 Å². The van der Waals surface area contributed by atoms with Crippen molar-refractivity contribution in [3.05, 3.63) is 41.6 Å². The van der Waals surface area contributed by atoms with E-state index in [1.165, 1.54) is 0 Å². The summed E-state index contributed by atoms with van der Waals surface area (Å²) in [5.41, 5.74) is 8.91. The Hall–Kier alpha value is -3.07. The van der Waals surface area contributed by atoms with Gasteiger partial charge in [-0.05, 0) is 25.1 Å². The minimum atomic E-state index is 0.290. The van der Waals surface area contributed by atoms with Crippen LogP contribution in [0.5, 0.6) is 0 Å². The fourth-order valence-corrected chi connectivity index (χ4v) is 2.88. The Labute approximate surface area is 144 Å². The molecule has 5 N–H and O–H groups in total. The van der Waals surface area contributed by atoms with E-state index in [-0.39, 0.29) is 5.95 Å². The molecule has 9 nitrogen and oxygen atoms in total. The van der Waals surface area contributed by atoms with Gasteiger partial charge in [0.05, 0.1) is 12.2 Å². The third kappa shape index (κ3) is 3.41. The molecule has 0 aromatic carbocycles. The lowest BCUT2D eigenvalue weighted by atomic mass is 10.1. The highest BCUT2D eigenvalue weighted by molar-refractivity contribution is 5.53. The van der Waals surface area contributed by atoms with Gasteiger partial charge in [-0.15, -0.1) is 0 Å². The van der Waals surface area contributed by atoms with E-state index in [9.17, 15) is 0 Å². The number of hydrogen-bond acceptors (Lipinski definition) is 8. The summed E-state index contributed by atoms with van der Waals surface area (Å²) < 4.78 is 0. The van der Waals surface area contributed by atoms with E-state index in [1.807, 2.05) is 12.1 Å². The number of nitrogens with one attached hydrogen (secondary N) is 3. The highest BCUT2D eigenvalue weighted by atomic mass is 15.2. The molecule has 25 heavy (non-hydrogen) atoms. The van der Waals surface area contributed by atoms with Crippen LogP contribution in [0.2, 0.25) is 0 Å². The van der Waals surface area contributed by atoms with Crippen molar-refractivity contribution in [2.45, 2.75) is 19.4 Å². The number of H-pyrrole nitrogens is 1. The summed E-state index contributed by atoms with van der Waals surface area (Å²) in [7, 11) is 0. The fourth-order valence-electron chi connectivity index (χ4n) is 2.88. The molecule has 0 radical (unpaired) electrons. The number of nitrogens with two attached hydrogens (primary N) is 1. The van der Waals surface area contributed by atoms with Crippen LogP contribution in [-0.2, 0) is 19.4 Å². The quantitative estimate of drug-likeness (QED) is 0.542. The van der Waals surface area contributed by atoms with E-state index in [0.29, 0.717) is 12.4 Å². The number of rotatable bonds is 4. The molecule has 3 aromatic rings. The molecule has 0 fully saturated rings. The maximum atomic E-state index is 5.86. The van der Waals surface area contributed by atoms with Crippen molar-refractivity contribution in [1.82, 2.24) is 35.5 Å². The molecule has 3 aromatic heterocycles. The van der Waals surface area contributed by atoms with Crippen molar-refractivity contribution >= 4 is 11.8 Å².